The van der Waals surface area contributed by atoms with Gasteiger partial charge in [-0.15, -0.1) is 0 Å². The van der Waals surface area contributed by atoms with E-state index in [9.17, 15) is 4.79 Å². The van der Waals surface area contributed by atoms with Crippen LogP contribution in [0.25, 0.3) is 0 Å². The molecule has 1 aliphatic rings. The van der Waals surface area contributed by atoms with Crippen LogP contribution in [-0.4, -0.2) is 31.0 Å². The zero-order valence-corrected chi connectivity index (χ0v) is 15.2. The van der Waals surface area contributed by atoms with Crippen LogP contribution in [0.5, 0.6) is 5.75 Å². The summed E-state index contributed by atoms with van der Waals surface area (Å²) in [6.45, 7) is 3.85. The van der Waals surface area contributed by atoms with Crippen LogP contribution in [0.15, 0.2) is 48.5 Å². The van der Waals surface area contributed by atoms with Crippen molar-refractivity contribution < 1.29 is 9.53 Å². The molecule has 3 rings (SSSR count). The number of hydrogen-bond acceptors (Lipinski definition) is 2. The Morgan fingerprint density at radius 3 is 2.28 bits per heavy atom. The van der Waals surface area contributed by atoms with Crippen LogP contribution in [0, 0.1) is 12.8 Å². The molecule has 0 aromatic heterocycles. The van der Waals surface area contributed by atoms with Crippen molar-refractivity contribution in [3.63, 3.8) is 0 Å². The average Bonchev–Trinajstić information content (AvgIpc) is 2.67. The standard InChI is InChI=1S/C22H27NO2/c1-17-3-5-18(6-4-17)7-8-19-13-15-23(16-14-19)22(24)20-9-11-21(25-2)12-10-20/h3-6,9-12,19H,7-8,13-16H2,1-2H3. The first-order valence-corrected chi connectivity index (χ1v) is 9.14. The normalized spacial score (nSPS) is 15.2. The fraction of sp³-hybridized carbons (Fsp3) is 0.409. The van der Waals surface area contributed by atoms with Gasteiger partial charge in [0.05, 0.1) is 7.11 Å². The zero-order chi connectivity index (χ0) is 17.6. The summed E-state index contributed by atoms with van der Waals surface area (Å²) in [5, 5.41) is 0. The van der Waals surface area contributed by atoms with Crippen LogP contribution >= 0.6 is 0 Å². The summed E-state index contributed by atoms with van der Waals surface area (Å²) in [4.78, 5) is 14.6. The van der Waals surface area contributed by atoms with Crippen LogP contribution in [0.4, 0.5) is 0 Å². The van der Waals surface area contributed by atoms with Crippen LogP contribution in [0.2, 0.25) is 0 Å². The quantitative estimate of drug-likeness (QED) is 0.804. The van der Waals surface area contributed by atoms with Gasteiger partial charge >= 0.3 is 0 Å². The molecule has 0 spiro atoms. The third-order valence-corrected chi connectivity index (χ3v) is 5.20. The molecule has 25 heavy (non-hydrogen) atoms. The Labute approximate surface area is 150 Å². The fourth-order valence-electron chi connectivity index (χ4n) is 3.47. The van der Waals surface area contributed by atoms with Crippen molar-refractivity contribution in [2.45, 2.75) is 32.6 Å². The molecule has 0 radical (unpaired) electrons. The highest BCUT2D eigenvalue weighted by molar-refractivity contribution is 5.94. The van der Waals surface area contributed by atoms with Crippen molar-refractivity contribution in [1.29, 1.82) is 0 Å². The summed E-state index contributed by atoms with van der Waals surface area (Å²) in [5.74, 6) is 1.65. The Bertz CT molecular complexity index is 683. The lowest BCUT2D eigenvalue weighted by molar-refractivity contribution is 0.0687. The van der Waals surface area contributed by atoms with Crippen LogP contribution in [-0.2, 0) is 6.42 Å². The molecule has 1 amide bonds. The predicted molar refractivity (Wildman–Crippen MR) is 101 cm³/mol. The molecule has 1 saturated heterocycles. The summed E-state index contributed by atoms with van der Waals surface area (Å²) in [7, 11) is 1.64. The molecule has 1 heterocycles. The lowest BCUT2D eigenvalue weighted by Crippen LogP contribution is -2.38. The van der Waals surface area contributed by atoms with Gasteiger partial charge in [-0.2, -0.15) is 0 Å². The van der Waals surface area contributed by atoms with E-state index in [1.54, 1.807) is 7.11 Å². The first-order chi connectivity index (χ1) is 12.2. The number of carbonyl (C=O) groups is 1. The van der Waals surface area contributed by atoms with Crippen molar-refractivity contribution in [3.8, 4) is 5.75 Å². The van der Waals surface area contributed by atoms with Crippen molar-refractivity contribution in [1.82, 2.24) is 4.90 Å². The Morgan fingerprint density at radius 1 is 1.04 bits per heavy atom. The van der Waals surface area contributed by atoms with Crippen molar-refractivity contribution in [2.24, 2.45) is 5.92 Å². The number of ether oxygens (including phenoxy) is 1. The van der Waals surface area contributed by atoms with Gasteiger partial charge in [0.2, 0.25) is 0 Å². The van der Waals surface area contributed by atoms with Gasteiger partial charge in [0.15, 0.2) is 0 Å². The summed E-state index contributed by atoms with van der Waals surface area (Å²) in [5.41, 5.74) is 3.48. The van der Waals surface area contributed by atoms with Crippen molar-refractivity contribution in [3.05, 3.63) is 65.2 Å². The summed E-state index contributed by atoms with van der Waals surface area (Å²) in [6, 6.07) is 16.2. The minimum atomic E-state index is 0.139. The number of carbonyl (C=O) groups excluding carboxylic acids is 1. The summed E-state index contributed by atoms with van der Waals surface area (Å²) >= 11 is 0. The number of rotatable bonds is 5. The summed E-state index contributed by atoms with van der Waals surface area (Å²) < 4.78 is 5.15. The number of likely N-dealkylation sites (tertiary alicyclic amines) is 1. The Hall–Kier alpha value is -2.29. The molecule has 0 aliphatic carbocycles. The van der Waals surface area contributed by atoms with E-state index in [-0.39, 0.29) is 5.91 Å². The van der Waals surface area contributed by atoms with Gasteiger partial charge in [-0.1, -0.05) is 29.8 Å². The molecular formula is C22H27NO2. The smallest absolute Gasteiger partial charge is 0.253 e. The highest BCUT2D eigenvalue weighted by Crippen LogP contribution is 2.24. The molecule has 0 atom stereocenters. The maximum absolute atomic E-state index is 12.6. The first-order valence-electron chi connectivity index (χ1n) is 9.14. The van der Waals surface area contributed by atoms with Gasteiger partial charge < -0.3 is 9.64 Å². The molecule has 1 aliphatic heterocycles. The van der Waals surface area contributed by atoms with Gasteiger partial charge in [-0.25, -0.2) is 0 Å². The minimum Gasteiger partial charge on any atom is -0.497 e. The van der Waals surface area contributed by atoms with E-state index in [0.717, 1.165) is 49.6 Å². The van der Waals surface area contributed by atoms with E-state index in [1.807, 2.05) is 29.2 Å². The van der Waals surface area contributed by atoms with Gasteiger partial charge in [0, 0.05) is 18.7 Å². The molecule has 0 bridgehead atoms. The number of amides is 1. The maximum atomic E-state index is 12.6. The second kappa shape index (κ2) is 8.19. The van der Waals surface area contributed by atoms with Crippen LogP contribution in [0.1, 0.15) is 40.7 Å². The highest BCUT2D eigenvalue weighted by atomic mass is 16.5. The largest absolute Gasteiger partial charge is 0.497 e. The van der Waals surface area contributed by atoms with Crippen LogP contribution < -0.4 is 4.74 Å². The molecule has 0 N–H and O–H groups in total. The Kier molecular flexibility index (Phi) is 5.75. The van der Waals surface area contributed by atoms with Crippen molar-refractivity contribution >= 4 is 5.91 Å². The van der Waals surface area contributed by atoms with E-state index in [2.05, 4.69) is 31.2 Å². The Balaban J connectivity index is 1.47. The third kappa shape index (κ3) is 4.62. The maximum Gasteiger partial charge on any atom is 0.253 e. The molecule has 3 nitrogen and oxygen atoms in total. The van der Waals surface area contributed by atoms with E-state index in [1.165, 1.54) is 17.5 Å². The van der Waals surface area contributed by atoms with Crippen LogP contribution in [0.3, 0.4) is 0 Å². The summed E-state index contributed by atoms with van der Waals surface area (Å²) in [6.07, 6.45) is 4.56. The number of benzene rings is 2. The van der Waals surface area contributed by atoms with Gasteiger partial charge in [-0.05, 0) is 68.4 Å². The van der Waals surface area contributed by atoms with E-state index < -0.39 is 0 Å². The average molecular weight is 337 g/mol. The monoisotopic (exact) mass is 337 g/mol. The molecular weight excluding hydrogens is 310 g/mol. The molecule has 2 aromatic rings. The molecule has 132 valence electrons. The predicted octanol–water partition coefficient (Wildman–Crippen LogP) is 4.49. The lowest BCUT2D eigenvalue weighted by Gasteiger charge is -2.32. The highest BCUT2D eigenvalue weighted by Gasteiger charge is 2.23. The SMILES string of the molecule is COc1ccc(C(=O)N2CCC(CCc3ccc(C)cc3)CC2)cc1. The Morgan fingerprint density at radius 2 is 1.68 bits per heavy atom. The molecule has 1 fully saturated rings. The lowest BCUT2D eigenvalue weighted by atomic mass is 9.90. The van der Waals surface area contributed by atoms with Gasteiger partial charge in [0.25, 0.3) is 5.91 Å². The van der Waals surface area contributed by atoms with Gasteiger partial charge in [-0.3, -0.25) is 4.79 Å². The third-order valence-electron chi connectivity index (χ3n) is 5.20. The molecule has 2 aromatic carbocycles. The number of hydrogen-bond donors (Lipinski definition) is 0. The second-order valence-electron chi connectivity index (χ2n) is 6.99. The van der Waals surface area contributed by atoms with Gasteiger partial charge in [0.1, 0.15) is 5.75 Å². The number of piperidine rings is 1. The number of methoxy groups -OCH3 is 1. The molecule has 0 saturated carbocycles. The fourth-order valence-corrected chi connectivity index (χ4v) is 3.47. The topological polar surface area (TPSA) is 29.5 Å². The van der Waals surface area contributed by atoms with Crippen molar-refractivity contribution in [2.75, 3.05) is 20.2 Å². The minimum absolute atomic E-state index is 0.139. The second-order valence-corrected chi connectivity index (χ2v) is 6.99. The first kappa shape index (κ1) is 17.5. The molecule has 3 heteroatoms. The zero-order valence-electron chi connectivity index (χ0n) is 15.2. The number of aryl methyl sites for hydroxylation is 2. The molecule has 0 unspecified atom stereocenters. The van der Waals surface area contributed by atoms with E-state index in [4.69, 9.17) is 4.74 Å². The number of nitrogens with zero attached hydrogens (tertiary/aromatic N) is 1. The van der Waals surface area contributed by atoms with E-state index in [0.29, 0.717) is 0 Å². The van der Waals surface area contributed by atoms with E-state index >= 15 is 0 Å².